The number of carbonyl (C=O) groups excluding carboxylic acids is 1. The molecule has 0 atom stereocenters. The minimum absolute atomic E-state index is 0.529. The van der Waals surface area contributed by atoms with Crippen molar-refractivity contribution in [2.24, 2.45) is 0 Å². The Labute approximate surface area is 78.7 Å². The summed E-state index contributed by atoms with van der Waals surface area (Å²) in [7, 11) is 1.11. The molecule has 14 heavy (non-hydrogen) atoms. The van der Waals surface area contributed by atoms with Crippen LogP contribution in [0.4, 0.5) is 13.2 Å². The molecule has 0 unspecified atom stereocenters. The van der Waals surface area contributed by atoms with Crippen LogP contribution in [-0.4, -0.2) is 13.0 Å². The Balaban J connectivity index is 3.03. The van der Waals surface area contributed by atoms with Crippen molar-refractivity contribution >= 4 is 5.91 Å². The van der Waals surface area contributed by atoms with Crippen LogP contribution in [0.25, 0.3) is 0 Å². The number of likely N-dealkylation sites (N-methyl/N-ethyl adjacent to an activating group) is 1. The first kappa shape index (κ1) is 10.6. The first-order chi connectivity index (χ1) is 6.48. The molecule has 2 nitrogen and oxygen atoms in total. The van der Waals surface area contributed by atoms with Crippen LogP contribution in [0, 0.1) is 5.82 Å². The van der Waals surface area contributed by atoms with Crippen molar-refractivity contribution in [2.75, 3.05) is 7.05 Å². The lowest BCUT2D eigenvalue weighted by Crippen LogP contribution is -2.35. The Bertz CT molecular complexity index is 334. The lowest BCUT2D eigenvalue weighted by molar-refractivity contribution is -0.146. The molecule has 0 heterocycles. The zero-order valence-corrected chi connectivity index (χ0v) is 7.35. The minimum Gasteiger partial charge on any atom is -0.354 e. The summed E-state index contributed by atoms with van der Waals surface area (Å²) in [6.45, 7) is 0. The lowest BCUT2D eigenvalue weighted by Gasteiger charge is -2.14. The number of carbonyl (C=O) groups is 1. The molecule has 1 N–H and O–H groups in total. The third-order valence-electron chi connectivity index (χ3n) is 1.72. The van der Waals surface area contributed by atoms with Crippen LogP contribution in [0.5, 0.6) is 0 Å². The average molecular weight is 203 g/mol. The number of benzene rings is 1. The summed E-state index contributed by atoms with van der Waals surface area (Å²) in [6.07, 6.45) is 0. The topological polar surface area (TPSA) is 29.1 Å². The van der Waals surface area contributed by atoms with E-state index in [-0.39, 0.29) is 0 Å². The molecule has 0 bridgehead atoms. The zero-order chi connectivity index (χ0) is 10.8. The predicted octanol–water partition coefficient (Wildman–Crippen LogP) is 1.66. The van der Waals surface area contributed by atoms with E-state index in [0.717, 1.165) is 31.3 Å². The third-order valence-corrected chi connectivity index (χ3v) is 1.72. The fourth-order valence-corrected chi connectivity index (χ4v) is 0.947. The van der Waals surface area contributed by atoms with Gasteiger partial charge in [-0.1, -0.05) is 0 Å². The van der Waals surface area contributed by atoms with Crippen LogP contribution < -0.4 is 5.32 Å². The summed E-state index contributed by atoms with van der Waals surface area (Å²) < 4.78 is 38.7. The van der Waals surface area contributed by atoms with E-state index in [1.165, 1.54) is 0 Å². The van der Waals surface area contributed by atoms with Crippen molar-refractivity contribution in [3.05, 3.63) is 35.6 Å². The summed E-state index contributed by atoms with van der Waals surface area (Å²) >= 11 is 0. The fourth-order valence-electron chi connectivity index (χ4n) is 0.947. The standard InChI is InChI=1S/C9H8F3NO/c1-13-8(14)9(11,12)6-2-4-7(10)5-3-6/h2-5H,1H3,(H,13,14). The van der Waals surface area contributed by atoms with Gasteiger partial charge in [0.25, 0.3) is 5.91 Å². The number of hydrogen-bond acceptors (Lipinski definition) is 1. The molecule has 1 rings (SSSR count). The molecule has 0 aromatic heterocycles. The largest absolute Gasteiger partial charge is 0.354 e. The second kappa shape index (κ2) is 3.69. The van der Waals surface area contributed by atoms with E-state index >= 15 is 0 Å². The van der Waals surface area contributed by atoms with Crippen molar-refractivity contribution in [3.63, 3.8) is 0 Å². The highest BCUT2D eigenvalue weighted by atomic mass is 19.3. The smallest absolute Gasteiger partial charge is 0.349 e. The van der Waals surface area contributed by atoms with Gasteiger partial charge in [-0.25, -0.2) is 4.39 Å². The van der Waals surface area contributed by atoms with Crippen molar-refractivity contribution in [1.29, 1.82) is 0 Å². The number of rotatable bonds is 2. The second-order valence-electron chi connectivity index (χ2n) is 2.66. The van der Waals surface area contributed by atoms with Gasteiger partial charge in [-0.05, 0) is 24.3 Å². The van der Waals surface area contributed by atoms with Gasteiger partial charge in [0.15, 0.2) is 0 Å². The van der Waals surface area contributed by atoms with E-state index in [1.54, 1.807) is 0 Å². The van der Waals surface area contributed by atoms with Crippen LogP contribution in [0.1, 0.15) is 5.56 Å². The summed E-state index contributed by atoms with van der Waals surface area (Å²) in [5.41, 5.74) is -0.529. The van der Waals surface area contributed by atoms with Crippen LogP contribution in [-0.2, 0) is 10.7 Å². The Morgan fingerprint density at radius 3 is 2.21 bits per heavy atom. The predicted molar refractivity (Wildman–Crippen MR) is 44.4 cm³/mol. The van der Waals surface area contributed by atoms with Gasteiger partial charge in [-0.2, -0.15) is 8.78 Å². The van der Waals surface area contributed by atoms with Gasteiger partial charge < -0.3 is 5.32 Å². The molecule has 0 aliphatic heterocycles. The van der Waals surface area contributed by atoms with Crippen molar-refractivity contribution in [3.8, 4) is 0 Å². The molecule has 5 heteroatoms. The van der Waals surface area contributed by atoms with Crippen molar-refractivity contribution in [2.45, 2.75) is 5.92 Å². The lowest BCUT2D eigenvalue weighted by atomic mass is 10.1. The number of halogens is 3. The number of nitrogens with one attached hydrogen (secondary N) is 1. The van der Waals surface area contributed by atoms with Crippen LogP contribution >= 0.6 is 0 Å². The van der Waals surface area contributed by atoms with Gasteiger partial charge in [0, 0.05) is 12.6 Å². The molecule has 76 valence electrons. The summed E-state index contributed by atoms with van der Waals surface area (Å²) in [6, 6.07) is 3.52. The van der Waals surface area contributed by atoms with Gasteiger partial charge >= 0.3 is 5.92 Å². The quantitative estimate of drug-likeness (QED) is 0.778. The molecule has 1 aromatic rings. The molecule has 1 amide bonds. The van der Waals surface area contributed by atoms with E-state index in [1.807, 2.05) is 5.32 Å². The monoisotopic (exact) mass is 203 g/mol. The Kier molecular flexibility index (Phi) is 2.78. The van der Waals surface area contributed by atoms with Gasteiger partial charge in [0.1, 0.15) is 5.82 Å². The Morgan fingerprint density at radius 2 is 1.79 bits per heavy atom. The molecule has 0 radical (unpaired) electrons. The third kappa shape index (κ3) is 1.86. The maximum absolute atomic E-state index is 13.1. The molecule has 0 spiro atoms. The normalized spacial score (nSPS) is 11.1. The highest BCUT2D eigenvalue weighted by molar-refractivity contribution is 5.84. The Morgan fingerprint density at radius 1 is 1.29 bits per heavy atom. The van der Waals surface area contributed by atoms with E-state index in [0.29, 0.717) is 0 Å². The van der Waals surface area contributed by atoms with E-state index in [9.17, 15) is 18.0 Å². The second-order valence-corrected chi connectivity index (χ2v) is 2.66. The first-order valence-corrected chi connectivity index (χ1v) is 3.84. The van der Waals surface area contributed by atoms with E-state index < -0.39 is 23.2 Å². The molecule has 0 saturated heterocycles. The minimum atomic E-state index is -3.62. The maximum atomic E-state index is 13.1. The summed E-state index contributed by atoms with van der Waals surface area (Å²) in [4.78, 5) is 10.8. The molecule has 0 saturated carbocycles. The van der Waals surface area contributed by atoms with Gasteiger partial charge in [-0.3, -0.25) is 4.79 Å². The summed E-state index contributed by atoms with van der Waals surface area (Å²) in [5, 5.41) is 1.84. The van der Waals surface area contributed by atoms with Crippen molar-refractivity contribution < 1.29 is 18.0 Å². The molecule has 0 aliphatic carbocycles. The molecular weight excluding hydrogens is 195 g/mol. The number of hydrogen-bond donors (Lipinski definition) is 1. The summed E-state index contributed by atoms with van der Waals surface area (Å²) in [5.74, 6) is -5.66. The molecule has 0 aliphatic rings. The first-order valence-electron chi connectivity index (χ1n) is 3.84. The fraction of sp³-hybridized carbons (Fsp3) is 0.222. The number of amides is 1. The Hall–Kier alpha value is -1.52. The van der Waals surface area contributed by atoms with Gasteiger partial charge in [0.2, 0.25) is 0 Å². The molecule has 1 aromatic carbocycles. The van der Waals surface area contributed by atoms with Gasteiger partial charge in [0.05, 0.1) is 0 Å². The van der Waals surface area contributed by atoms with Crippen LogP contribution in [0.2, 0.25) is 0 Å². The highest BCUT2D eigenvalue weighted by Gasteiger charge is 2.39. The van der Waals surface area contributed by atoms with E-state index in [2.05, 4.69) is 0 Å². The average Bonchev–Trinajstić information content (AvgIpc) is 2.17. The van der Waals surface area contributed by atoms with Gasteiger partial charge in [-0.15, -0.1) is 0 Å². The van der Waals surface area contributed by atoms with Crippen LogP contribution in [0.3, 0.4) is 0 Å². The maximum Gasteiger partial charge on any atom is 0.349 e. The SMILES string of the molecule is CNC(=O)C(F)(F)c1ccc(F)cc1. The zero-order valence-electron chi connectivity index (χ0n) is 7.35. The number of alkyl halides is 2. The molecular formula is C9H8F3NO. The van der Waals surface area contributed by atoms with Crippen molar-refractivity contribution in [1.82, 2.24) is 5.32 Å². The molecule has 0 fully saturated rings. The van der Waals surface area contributed by atoms with Crippen LogP contribution in [0.15, 0.2) is 24.3 Å². The highest BCUT2D eigenvalue weighted by Crippen LogP contribution is 2.27. The van der Waals surface area contributed by atoms with E-state index in [4.69, 9.17) is 0 Å².